The first-order chi connectivity index (χ1) is 18.9. The lowest BCUT2D eigenvalue weighted by Crippen LogP contribution is -2.56. The highest BCUT2D eigenvalue weighted by Gasteiger charge is 2.80. The first-order valence-electron chi connectivity index (χ1n) is 12.7. The zero-order valence-electron chi connectivity index (χ0n) is 21.9. The number of ether oxygens (including phenoxy) is 4. The van der Waals surface area contributed by atoms with Gasteiger partial charge in [-0.15, -0.1) is 0 Å². The number of rotatable bonds is 2. The molecule has 2 heterocycles. The van der Waals surface area contributed by atoms with Gasteiger partial charge in [-0.25, -0.2) is 9.59 Å². The van der Waals surface area contributed by atoms with Crippen LogP contribution in [0.5, 0.6) is 11.5 Å². The molecular weight excluding hydrogens is 524 g/mol. The molecular formula is C29H24O11. The summed E-state index contributed by atoms with van der Waals surface area (Å²) in [6.07, 6.45) is -1.30. The van der Waals surface area contributed by atoms with Crippen LogP contribution in [0.15, 0.2) is 17.9 Å². The van der Waals surface area contributed by atoms with Crippen LogP contribution in [0.4, 0.5) is 0 Å². The Bertz CT molecular complexity index is 1680. The number of hydrogen-bond acceptors (Lipinski definition) is 11. The minimum atomic E-state index is -1.74. The number of phenols is 2. The Labute approximate surface area is 226 Å². The molecule has 5 aliphatic rings. The van der Waals surface area contributed by atoms with Crippen LogP contribution in [0.1, 0.15) is 65.8 Å². The molecule has 2 aromatic rings. The largest absolute Gasteiger partial charge is 0.511 e. The third-order valence-electron chi connectivity index (χ3n) is 9.32. The summed E-state index contributed by atoms with van der Waals surface area (Å²) in [5.41, 5.74) is -1.88. The monoisotopic (exact) mass is 548 g/mol. The Morgan fingerprint density at radius 3 is 2.25 bits per heavy atom. The number of benzene rings is 2. The molecule has 1 saturated carbocycles. The molecule has 0 saturated heterocycles. The van der Waals surface area contributed by atoms with Gasteiger partial charge in [0, 0.05) is 30.7 Å². The van der Waals surface area contributed by atoms with E-state index in [9.17, 15) is 34.5 Å². The molecule has 5 unspecified atom stereocenters. The van der Waals surface area contributed by atoms with Crippen LogP contribution in [0.25, 0.3) is 5.57 Å². The van der Waals surface area contributed by atoms with E-state index < -0.39 is 65.0 Å². The van der Waals surface area contributed by atoms with Crippen molar-refractivity contribution in [1.82, 2.24) is 0 Å². The molecule has 0 aromatic heterocycles. The molecule has 1 spiro atoms. The average Bonchev–Trinajstić information content (AvgIpc) is 3.06. The quantitative estimate of drug-likeness (QED) is 0.373. The van der Waals surface area contributed by atoms with E-state index in [0.717, 1.165) is 0 Å². The van der Waals surface area contributed by atoms with Crippen molar-refractivity contribution >= 4 is 29.3 Å². The van der Waals surface area contributed by atoms with Crippen LogP contribution in [-0.2, 0) is 34.8 Å². The molecule has 206 valence electrons. The maximum absolute atomic E-state index is 14.6. The number of aliphatic hydroxyl groups excluding tert-OH is 1. The highest BCUT2D eigenvalue weighted by Crippen LogP contribution is 2.71. The second kappa shape index (κ2) is 7.42. The molecule has 3 aliphatic carbocycles. The maximum Gasteiger partial charge on any atom is 0.342 e. The molecule has 2 aromatic carbocycles. The highest BCUT2D eigenvalue weighted by molar-refractivity contribution is 6.11. The molecule has 3 N–H and O–H groups in total. The summed E-state index contributed by atoms with van der Waals surface area (Å²) >= 11 is 0. The molecule has 2 bridgehead atoms. The third kappa shape index (κ3) is 2.42. The number of methoxy groups -OCH3 is 1. The third-order valence-corrected chi connectivity index (χ3v) is 9.32. The predicted octanol–water partition coefficient (Wildman–Crippen LogP) is 2.49. The zero-order valence-corrected chi connectivity index (χ0v) is 21.9. The fraction of sp³-hybridized carbons (Fsp3) is 0.379. The van der Waals surface area contributed by atoms with Gasteiger partial charge < -0.3 is 34.3 Å². The minimum absolute atomic E-state index is 0.123. The van der Waals surface area contributed by atoms with Gasteiger partial charge in [-0.2, -0.15) is 0 Å². The summed E-state index contributed by atoms with van der Waals surface area (Å²) in [7, 11) is 1.35. The summed E-state index contributed by atoms with van der Waals surface area (Å²) in [5.74, 6) is -6.47. The number of hydrogen-bond donors (Lipinski definition) is 3. The van der Waals surface area contributed by atoms with Gasteiger partial charge in [0.05, 0.1) is 17.3 Å². The molecule has 0 amide bonds. The van der Waals surface area contributed by atoms with Crippen molar-refractivity contribution in [3.05, 3.63) is 62.4 Å². The summed E-state index contributed by atoms with van der Waals surface area (Å²) < 4.78 is 23.1. The van der Waals surface area contributed by atoms with Gasteiger partial charge in [0.1, 0.15) is 53.3 Å². The van der Waals surface area contributed by atoms with Crippen LogP contribution in [0, 0.1) is 25.7 Å². The number of carbonyl (C=O) groups excluding carboxylic acids is 4. The van der Waals surface area contributed by atoms with E-state index in [-0.39, 0.29) is 51.5 Å². The lowest BCUT2D eigenvalue weighted by atomic mass is 9.60. The number of cyclic esters (lactones) is 2. The van der Waals surface area contributed by atoms with Crippen LogP contribution in [-0.4, -0.2) is 65.4 Å². The number of fused-ring (bicyclic) bond motifs is 4. The van der Waals surface area contributed by atoms with Crippen LogP contribution in [0.2, 0.25) is 0 Å². The number of Topliss-reactive ketones (excluding diaryl/α,β-unsaturated/α-hetero) is 1. The first-order valence-corrected chi connectivity index (χ1v) is 12.7. The minimum Gasteiger partial charge on any atom is -0.511 e. The highest BCUT2D eigenvalue weighted by atomic mass is 16.6. The van der Waals surface area contributed by atoms with E-state index in [1.165, 1.54) is 26.2 Å². The van der Waals surface area contributed by atoms with E-state index in [1.54, 1.807) is 13.8 Å². The van der Waals surface area contributed by atoms with Crippen LogP contribution in [0.3, 0.4) is 0 Å². The number of carbonyl (C=O) groups is 4. The van der Waals surface area contributed by atoms with Gasteiger partial charge in [0.2, 0.25) is 0 Å². The standard InChI is InChI=1S/C29H24O11/c1-9-5-14(32)18-20-15(9)23(34)21-25(40-11(3)30)28(20,8-39-27(18)36)24-22(33)12-7-38-26(35)17-13(31)6-10(2)19(16(12)17)29(21,24)37-4/h5-6,21,24-25,31-33H,7-8H2,1-4H3. The molecule has 1 fully saturated rings. The Kier molecular flexibility index (Phi) is 4.57. The Morgan fingerprint density at radius 2 is 1.57 bits per heavy atom. The molecule has 40 heavy (non-hydrogen) atoms. The van der Waals surface area contributed by atoms with Crippen molar-refractivity contribution in [3.8, 4) is 11.5 Å². The van der Waals surface area contributed by atoms with Crippen LogP contribution >= 0.6 is 0 Å². The predicted molar refractivity (Wildman–Crippen MR) is 133 cm³/mol. The van der Waals surface area contributed by atoms with E-state index in [1.807, 2.05) is 0 Å². The van der Waals surface area contributed by atoms with Gasteiger partial charge in [0.25, 0.3) is 0 Å². The SMILES string of the molecule is COC12c3c(C)cc(O)c4c3C(=C(O)C1C13COC(=O)c5c(O)cc(C)c(c51)C(=O)C2C3OC(C)=O)COC4=O. The number of aryl methyl sites for hydroxylation is 2. The molecule has 5 atom stereocenters. The summed E-state index contributed by atoms with van der Waals surface area (Å²) in [6.45, 7) is 3.74. The lowest BCUT2D eigenvalue weighted by molar-refractivity contribution is -0.154. The fourth-order valence-corrected chi connectivity index (χ4v) is 8.22. The number of esters is 3. The van der Waals surface area contributed by atoms with Gasteiger partial charge in [-0.05, 0) is 48.2 Å². The maximum atomic E-state index is 14.6. The molecule has 0 radical (unpaired) electrons. The average molecular weight is 549 g/mol. The number of ketones is 1. The Hall–Kier alpha value is -4.38. The Morgan fingerprint density at radius 1 is 0.925 bits per heavy atom. The van der Waals surface area contributed by atoms with E-state index >= 15 is 0 Å². The van der Waals surface area contributed by atoms with Gasteiger partial charge in [0.15, 0.2) is 5.78 Å². The fourth-order valence-electron chi connectivity index (χ4n) is 8.22. The molecule has 11 heteroatoms. The molecule has 11 nitrogen and oxygen atoms in total. The second-order valence-corrected chi connectivity index (χ2v) is 11.0. The summed E-state index contributed by atoms with van der Waals surface area (Å²) in [6, 6.07) is 2.67. The van der Waals surface area contributed by atoms with Crippen molar-refractivity contribution in [2.24, 2.45) is 11.8 Å². The van der Waals surface area contributed by atoms with Crippen molar-refractivity contribution in [2.75, 3.05) is 20.3 Å². The van der Waals surface area contributed by atoms with Crippen molar-refractivity contribution in [3.63, 3.8) is 0 Å². The van der Waals surface area contributed by atoms with E-state index in [2.05, 4.69) is 0 Å². The normalized spacial score (nSPS) is 30.7. The lowest BCUT2D eigenvalue weighted by Gasteiger charge is -2.48. The van der Waals surface area contributed by atoms with E-state index in [4.69, 9.17) is 18.9 Å². The smallest absolute Gasteiger partial charge is 0.342 e. The number of aliphatic hydroxyl groups is 1. The summed E-state index contributed by atoms with van der Waals surface area (Å²) in [5, 5.41) is 33.8. The topological polar surface area (TPSA) is 166 Å². The van der Waals surface area contributed by atoms with Gasteiger partial charge >= 0.3 is 17.9 Å². The van der Waals surface area contributed by atoms with Gasteiger partial charge in [-0.3, -0.25) is 9.59 Å². The van der Waals surface area contributed by atoms with Crippen molar-refractivity contribution in [2.45, 2.75) is 37.9 Å². The molecule has 2 aliphatic heterocycles. The molecule has 7 rings (SSSR count). The number of phenolic OH excluding ortho intramolecular Hbond substituents is 2. The van der Waals surface area contributed by atoms with Crippen LogP contribution < -0.4 is 0 Å². The Balaban J connectivity index is 1.71. The van der Waals surface area contributed by atoms with Gasteiger partial charge in [-0.1, -0.05) is 0 Å². The summed E-state index contributed by atoms with van der Waals surface area (Å²) in [4.78, 5) is 53.1. The van der Waals surface area contributed by atoms with Crippen molar-refractivity contribution in [1.29, 1.82) is 0 Å². The van der Waals surface area contributed by atoms with Crippen molar-refractivity contribution < 1.29 is 53.4 Å². The second-order valence-electron chi connectivity index (χ2n) is 11.0. The number of aromatic hydroxyl groups is 2. The zero-order chi connectivity index (χ0) is 28.6. The first kappa shape index (κ1) is 24.6. The van der Waals surface area contributed by atoms with E-state index in [0.29, 0.717) is 16.7 Å².